The first-order valence-electron chi connectivity index (χ1n) is 5.96. The summed E-state index contributed by atoms with van der Waals surface area (Å²) in [5, 5.41) is 0. The second-order valence-electron chi connectivity index (χ2n) is 5.03. The molecule has 0 aliphatic heterocycles. The first-order chi connectivity index (χ1) is 7.27. The molecule has 0 aromatic heterocycles. The number of ketones is 1. The van der Waals surface area contributed by atoms with E-state index in [1.165, 1.54) is 0 Å². The van der Waals surface area contributed by atoms with Gasteiger partial charge in [-0.15, -0.1) is 0 Å². The Morgan fingerprint density at radius 2 is 1.81 bits per heavy atom. The number of Topliss-reactive ketones (excluding diaryl/α,β-unsaturated/α-hetero) is 1. The van der Waals surface area contributed by atoms with E-state index >= 15 is 0 Å². The summed E-state index contributed by atoms with van der Waals surface area (Å²) in [4.78, 5) is 14.2. The van der Waals surface area contributed by atoms with Crippen molar-refractivity contribution in [2.45, 2.75) is 52.6 Å². The van der Waals surface area contributed by atoms with Crippen molar-refractivity contribution in [2.75, 3.05) is 7.05 Å². The lowest BCUT2D eigenvalue weighted by atomic mass is 9.95. The Hall–Kier alpha value is -0.830. The fraction of sp³-hybridized carbons (Fsp3) is 0.769. The van der Waals surface area contributed by atoms with Crippen molar-refractivity contribution in [1.29, 1.82) is 0 Å². The molecule has 0 spiro atoms. The number of allylic oxidation sites excluding steroid dienone is 1. The Balaban J connectivity index is 4.62. The van der Waals surface area contributed by atoms with E-state index in [9.17, 15) is 4.79 Å². The maximum absolute atomic E-state index is 12.1. The van der Waals surface area contributed by atoms with Crippen LogP contribution in [0.4, 0.5) is 0 Å². The van der Waals surface area contributed by atoms with Gasteiger partial charge in [-0.2, -0.15) is 0 Å². The summed E-state index contributed by atoms with van der Waals surface area (Å²) in [6.07, 6.45) is 1.47. The quantitative estimate of drug-likeness (QED) is 0.723. The molecule has 0 radical (unpaired) electrons. The monoisotopic (exact) mass is 226 g/mol. The van der Waals surface area contributed by atoms with Gasteiger partial charge in [0.2, 0.25) is 0 Å². The van der Waals surface area contributed by atoms with Crippen LogP contribution in [0.15, 0.2) is 12.3 Å². The molecule has 0 amide bonds. The molecular weight excluding hydrogens is 200 g/mol. The SMILES string of the molecule is C=C(N)CC[C@@H](C(=O)C(C)C)N(C)C(C)C. The van der Waals surface area contributed by atoms with E-state index in [0.29, 0.717) is 18.2 Å². The number of nitrogens with two attached hydrogens (primary N) is 1. The van der Waals surface area contributed by atoms with Gasteiger partial charge in [0.1, 0.15) is 0 Å². The Morgan fingerprint density at radius 3 is 2.12 bits per heavy atom. The lowest BCUT2D eigenvalue weighted by molar-refractivity contribution is -0.127. The summed E-state index contributed by atoms with van der Waals surface area (Å²) < 4.78 is 0. The van der Waals surface area contributed by atoms with Crippen LogP contribution < -0.4 is 5.73 Å². The van der Waals surface area contributed by atoms with Crippen molar-refractivity contribution in [3.8, 4) is 0 Å². The highest BCUT2D eigenvalue weighted by Gasteiger charge is 2.26. The van der Waals surface area contributed by atoms with Gasteiger partial charge in [0.15, 0.2) is 5.78 Å². The Morgan fingerprint density at radius 1 is 1.31 bits per heavy atom. The molecule has 3 heteroatoms. The lowest BCUT2D eigenvalue weighted by Crippen LogP contribution is -2.44. The molecule has 0 saturated carbocycles. The molecule has 0 aromatic carbocycles. The molecular formula is C13H26N2O. The zero-order valence-electron chi connectivity index (χ0n) is 11.3. The number of likely N-dealkylation sites (N-methyl/N-ethyl adjacent to an activating group) is 1. The molecule has 3 nitrogen and oxygen atoms in total. The van der Waals surface area contributed by atoms with Gasteiger partial charge in [-0.3, -0.25) is 9.69 Å². The van der Waals surface area contributed by atoms with Gasteiger partial charge in [0, 0.05) is 17.7 Å². The van der Waals surface area contributed by atoms with Crippen LogP contribution in [0.2, 0.25) is 0 Å². The summed E-state index contributed by atoms with van der Waals surface area (Å²) in [5.74, 6) is 0.356. The normalized spacial score (nSPS) is 13.5. The second-order valence-corrected chi connectivity index (χ2v) is 5.03. The smallest absolute Gasteiger partial charge is 0.152 e. The van der Waals surface area contributed by atoms with E-state index in [4.69, 9.17) is 5.73 Å². The maximum Gasteiger partial charge on any atom is 0.152 e. The molecule has 0 aliphatic carbocycles. The number of carbonyl (C=O) groups is 1. The second kappa shape index (κ2) is 6.69. The van der Waals surface area contributed by atoms with Crippen LogP contribution in [-0.2, 0) is 4.79 Å². The van der Waals surface area contributed by atoms with E-state index in [2.05, 4.69) is 25.3 Å². The maximum atomic E-state index is 12.1. The Labute approximate surface area is 99.7 Å². The van der Waals surface area contributed by atoms with Crippen molar-refractivity contribution in [1.82, 2.24) is 4.90 Å². The number of nitrogens with zero attached hydrogens (tertiary/aromatic N) is 1. The minimum atomic E-state index is -0.0414. The number of carbonyl (C=O) groups excluding carboxylic acids is 1. The Bertz CT molecular complexity index is 246. The van der Waals surface area contributed by atoms with Crippen molar-refractivity contribution < 1.29 is 4.79 Å². The van der Waals surface area contributed by atoms with Gasteiger partial charge < -0.3 is 5.73 Å². The molecule has 16 heavy (non-hydrogen) atoms. The molecule has 0 aliphatic rings. The van der Waals surface area contributed by atoms with Gasteiger partial charge in [-0.25, -0.2) is 0 Å². The first kappa shape index (κ1) is 15.2. The molecule has 0 unspecified atom stereocenters. The molecule has 0 aromatic rings. The van der Waals surface area contributed by atoms with E-state index < -0.39 is 0 Å². The van der Waals surface area contributed by atoms with Gasteiger partial charge in [0.05, 0.1) is 6.04 Å². The lowest BCUT2D eigenvalue weighted by Gasteiger charge is -2.31. The van der Waals surface area contributed by atoms with E-state index in [1.807, 2.05) is 20.9 Å². The molecule has 0 heterocycles. The van der Waals surface area contributed by atoms with Crippen LogP contribution in [0, 0.1) is 5.92 Å². The van der Waals surface area contributed by atoms with Crippen LogP contribution in [0.25, 0.3) is 0 Å². The average molecular weight is 226 g/mol. The van der Waals surface area contributed by atoms with E-state index in [1.54, 1.807) is 0 Å². The fourth-order valence-electron chi connectivity index (χ4n) is 1.61. The van der Waals surface area contributed by atoms with Crippen LogP contribution in [0.5, 0.6) is 0 Å². The summed E-state index contributed by atoms with van der Waals surface area (Å²) >= 11 is 0. The zero-order chi connectivity index (χ0) is 12.9. The number of hydrogen-bond acceptors (Lipinski definition) is 3. The number of rotatable bonds is 7. The van der Waals surface area contributed by atoms with Gasteiger partial charge in [-0.1, -0.05) is 20.4 Å². The zero-order valence-corrected chi connectivity index (χ0v) is 11.3. The standard InChI is InChI=1S/C13H26N2O/c1-9(2)13(16)12(8-7-11(5)14)15(6)10(3)4/h9-10,12H,5,7-8,14H2,1-4,6H3/t12-/m0/s1. The van der Waals surface area contributed by atoms with Crippen LogP contribution in [0.1, 0.15) is 40.5 Å². The molecule has 0 saturated heterocycles. The van der Waals surface area contributed by atoms with Crippen molar-refractivity contribution in [3.05, 3.63) is 12.3 Å². The summed E-state index contributed by atoms with van der Waals surface area (Å²) in [7, 11) is 1.99. The summed E-state index contributed by atoms with van der Waals surface area (Å²) in [5.41, 5.74) is 6.22. The topological polar surface area (TPSA) is 46.3 Å². The van der Waals surface area contributed by atoms with Crippen molar-refractivity contribution in [3.63, 3.8) is 0 Å². The minimum absolute atomic E-state index is 0.0414. The van der Waals surface area contributed by atoms with Crippen LogP contribution in [0.3, 0.4) is 0 Å². The fourth-order valence-corrected chi connectivity index (χ4v) is 1.61. The third-order valence-electron chi connectivity index (χ3n) is 2.94. The molecule has 0 bridgehead atoms. The first-order valence-corrected chi connectivity index (χ1v) is 5.96. The molecule has 0 rings (SSSR count). The highest BCUT2D eigenvalue weighted by Crippen LogP contribution is 2.15. The van der Waals surface area contributed by atoms with Crippen molar-refractivity contribution in [2.24, 2.45) is 11.7 Å². The van der Waals surface area contributed by atoms with Gasteiger partial charge >= 0.3 is 0 Å². The van der Waals surface area contributed by atoms with E-state index in [-0.39, 0.29) is 17.7 Å². The van der Waals surface area contributed by atoms with Crippen LogP contribution in [-0.4, -0.2) is 29.8 Å². The van der Waals surface area contributed by atoms with E-state index in [0.717, 1.165) is 6.42 Å². The van der Waals surface area contributed by atoms with Crippen LogP contribution >= 0.6 is 0 Å². The summed E-state index contributed by atoms with van der Waals surface area (Å²) in [6.45, 7) is 11.8. The molecule has 94 valence electrons. The average Bonchev–Trinajstić information content (AvgIpc) is 2.16. The van der Waals surface area contributed by atoms with Gasteiger partial charge in [-0.05, 0) is 33.7 Å². The highest BCUT2D eigenvalue weighted by molar-refractivity contribution is 5.85. The molecule has 0 fully saturated rings. The minimum Gasteiger partial charge on any atom is -0.403 e. The highest BCUT2D eigenvalue weighted by atomic mass is 16.1. The summed E-state index contributed by atoms with van der Waals surface area (Å²) in [6, 6.07) is 0.319. The predicted octanol–water partition coefficient (Wildman–Crippen LogP) is 2.17. The largest absolute Gasteiger partial charge is 0.403 e. The third kappa shape index (κ3) is 4.79. The Kier molecular flexibility index (Phi) is 6.34. The van der Waals surface area contributed by atoms with Gasteiger partial charge in [0.25, 0.3) is 0 Å². The van der Waals surface area contributed by atoms with Crippen molar-refractivity contribution >= 4 is 5.78 Å². The predicted molar refractivity (Wildman–Crippen MR) is 69.1 cm³/mol. The third-order valence-corrected chi connectivity index (χ3v) is 2.94. The molecule has 2 N–H and O–H groups in total. The molecule has 1 atom stereocenters. The number of hydrogen-bond donors (Lipinski definition) is 1.